The Morgan fingerprint density at radius 1 is 1.28 bits per heavy atom. The van der Waals surface area contributed by atoms with E-state index in [1.807, 2.05) is 45.0 Å². The monoisotopic (exact) mass is 542 g/mol. The molecule has 0 bridgehead atoms. The van der Waals surface area contributed by atoms with Gasteiger partial charge in [-0.15, -0.1) is 35.3 Å². The number of aromatic nitrogens is 1. The Balaban J connectivity index is 0.00000420. The first-order valence-corrected chi connectivity index (χ1v) is 9.95. The minimum atomic E-state index is -4.40. The third-order valence-corrected chi connectivity index (χ3v) is 4.42. The van der Waals surface area contributed by atoms with Gasteiger partial charge in [-0.05, 0) is 38.5 Å². The molecule has 0 aliphatic carbocycles. The SMILES string of the molecule is CCNC(=NCc1cccc(OC(C)C)c1)NCCc1nc(C(F)(F)F)cs1.I. The fraction of sp³-hybridized carbons (Fsp3) is 0.474. The average molecular weight is 542 g/mol. The second kappa shape index (κ2) is 12.2. The average Bonchev–Trinajstić information content (AvgIpc) is 3.09. The van der Waals surface area contributed by atoms with Crippen LogP contribution < -0.4 is 15.4 Å². The van der Waals surface area contributed by atoms with Crippen molar-refractivity contribution in [2.45, 2.75) is 46.0 Å². The fourth-order valence-electron chi connectivity index (χ4n) is 2.35. The molecule has 0 saturated carbocycles. The van der Waals surface area contributed by atoms with Gasteiger partial charge in [0.2, 0.25) is 0 Å². The van der Waals surface area contributed by atoms with Crippen LogP contribution in [0.5, 0.6) is 5.75 Å². The van der Waals surface area contributed by atoms with Gasteiger partial charge in [-0.1, -0.05) is 12.1 Å². The maximum absolute atomic E-state index is 12.6. The summed E-state index contributed by atoms with van der Waals surface area (Å²) >= 11 is 1.01. The second-order valence-corrected chi connectivity index (χ2v) is 7.25. The van der Waals surface area contributed by atoms with Crippen LogP contribution in [0.25, 0.3) is 0 Å². The van der Waals surface area contributed by atoms with Crippen molar-refractivity contribution in [1.82, 2.24) is 15.6 Å². The molecule has 5 nitrogen and oxygen atoms in total. The Hall–Kier alpha value is -1.56. The lowest BCUT2D eigenvalue weighted by Gasteiger charge is -2.12. The van der Waals surface area contributed by atoms with Gasteiger partial charge in [-0.2, -0.15) is 13.2 Å². The number of guanidine groups is 1. The fourth-order valence-corrected chi connectivity index (χ4v) is 3.15. The van der Waals surface area contributed by atoms with E-state index < -0.39 is 11.9 Å². The molecule has 0 unspecified atom stereocenters. The van der Waals surface area contributed by atoms with E-state index >= 15 is 0 Å². The lowest BCUT2D eigenvalue weighted by molar-refractivity contribution is -0.140. The minimum Gasteiger partial charge on any atom is -0.491 e. The van der Waals surface area contributed by atoms with Crippen molar-refractivity contribution >= 4 is 41.3 Å². The molecule has 29 heavy (non-hydrogen) atoms. The molecule has 0 atom stereocenters. The van der Waals surface area contributed by atoms with E-state index in [2.05, 4.69) is 20.6 Å². The zero-order valence-electron chi connectivity index (χ0n) is 16.5. The lowest BCUT2D eigenvalue weighted by Crippen LogP contribution is -2.38. The molecule has 10 heteroatoms. The molecule has 0 fully saturated rings. The third-order valence-electron chi connectivity index (χ3n) is 3.51. The first kappa shape index (κ1) is 25.5. The van der Waals surface area contributed by atoms with Crippen molar-refractivity contribution in [1.29, 1.82) is 0 Å². The van der Waals surface area contributed by atoms with Crippen LogP contribution in [0.4, 0.5) is 13.2 Å². The smallest absolute Gasteiger partial charge is 0.434 e. The summed E-state index contributed by atoms with van der Waals surface area (Å²) in [7, 11) is 0. The summed E-state index contributed by atoms with van der Waals surface area (Å²) in [4.78, 5) is 8.15. The highest BCUT2D eigenvalue weighted by molar-refractivity contribution is 14.0. The van der Waals surface area contributed by atoms with Crippen LogP contribution in [0.3, 0.4) is 0 Å². The molecule has 0 amide bonds. The third kappa shape index (κ3) is 9.20. The molecule has 0 aliphatic rings. The summed E-state index contributed by atoms with van der Waals surface area (Å²) in [5.74, 6) is 1.40. The van der Waals surface area contributed by atoms with Gasteiger partial charge in [-0.25, -0.2) is 9.98 Å². The number of benzene rings is 1. The van der Waals surface area contributed by atoms with E-state index in [-0.39, 0.29) is 30.1 Å². The van der Waals surface area contributed by atoms with E-state index in [1.165, 1.54) is 0 Å². The Morgan fingerprint density at radius 3 is 2.66 bits per heavy atom. The molecule has 162 valence electrons. The minimum absolute atomic E-state index is 0. The van der Waals surface area contributed by atoms with Crippen LogP contribution in [-0.2, 0) is 19.1 Å². The molecule has 1 heterocycles. The Kier molecular flexibility index (Phi) is 10.7. The van der Waals surface area contributed by atoms with E-state index in [1.54, 1.807) is 0 Å². The maximum Gasteiger partial charge on any atom is 0.434 e. The summed E-state index contributed by atoms with van der Waals surface area (Å²) in [5.41, 5.74) is 0.168. The van der Waals surface area contributed by atoms with E-state index in [9.17, 15) is 13.2 Å². The van der Waals surface area contributed by atoms with E-state index in [0.717, 1.165) is 28.0 Å². The first-order chi connectivity index (χ1) is 13.3. The van der Waals surface area contributed by atoms with Gasteiger partial charge in [0.05, 0.1) is 17.7 Å². The molecule has 1 aromatic carbocycles. The lowest BCUT2D eigenvalue weighted by atomic mass is 10.2. The highest BCUT2D eigenvalue weighted by Gasteiger charge is 2.33. The number of halogens is 4. The first-order valence-electron chi connectivity index (χ1n) is 9.07. The molecule has 0 spiro atoms. The van der Waals surface area contributed by atoms with Crippen LogP contribution in [0.1, 0.15) is 37.0 Å². The Bertz CT molecular complexity index is 781. The standard InChI is InChI=1S/C19H25F3N4OS.HI/c1-4-23-18(24-9-8-17-26-16(12-28-17)19(20,21)22)25-11-14-6-5-7-15(10-14)27-13(2)3;/h5-7,10,12-13H,4,8-9,11H2,1-3H3,(H2,23,24,25);1H. The van der Waals surface area contributed by atoms with Crippen molar-refractivity contribution in [2.24, 2.45) is 4.99 Å². The molecule has 0 saturated heterocycles. The van der Waals surface area contributed by atoms with Crippen LogP contribution in [-0.4, -0.2) is 30.1 Å². The number of hydrogen-bond acceptors (Lipinski definition) is 4. The number of thiazole rings is 1. The Labute approximate surface area is 190 Å². The number of nitrogens with one attached hydrogen (secondary N) is 2. The molecule has 0 aliphatic heterocycles. The molecule has 1 aromatic heterocycles. The molecule has 2 rings (SSSR count). The van der Waals surface area contributed by atoms with Crippen LogP contribution in [0, 0.1) is 0 Å². The van der Waals surface area contributed by atoms with Crippen molar-refractivity contribution in [3.05, 3.63) is 45.9 Å². The van der Waals surface area contributed by atoms with Gasteiger partial charge in [0, 0.05) is 24.9 Å². The predicted molar refractivity (Wildman–Crippen MR) is 121 cm³/mol. The van der Waals surface area contributed by atoms with Gasteiger partial charge in [0.1, 0.15) is 5.75 Å². The number of nitrogens with zero attached hydrogens (tertiary/aromatic N) is 2. The number of aliphatic imine (C=N–C) groups is 1. The Morgan fingerprint density at radius 2 is 2.03 bits per heavy atom. The summed E-state index contributed by atoms with van der Waals surface area (Å²) in [5, 5.41) is 7.73. The van der Waals surface area contributed by atoms with Crippen LogP contribution >= 0.6 is 35.3 Å². The highest BCUT2D eigenvalue weighted by atomic mass is 127. The number of hydrogen-bond donors (Lipinski definition) is 2. The van der Waals surface area contributed by atoms with Crippen molar-refractivity contribution in [3.63, 3.8) is 0 Å². The summed E-state index contributed by atoms with van der Waals surface area (Å²) < 4.78 is 43.5. The number of rotatable bonds is 8. The summed E-state index contributed by atoms with van der Waals surface area (Å²) in [6.45, 7) is 7.46. The number of ether oxygens (including phenoxy) is 1. The van der Waals surface area contributed by atoms with Gasteiger partial charge in [0.25, 0.3) is 0 Å². The van der Waals surface area contributed by atoms with E-state index in [0.29, 0.717) is 37.0 Å². The topological polar surface area (TPSA) is 58.5 Å². The van der Waals surface area contributed by atoms with Gasteiger partial charge in [-0.3, -0.25) is 0 Å². The number of alkyl halides is 3. The van der Waals surface area contributed by atoms with Crippen LogP contribution in [0.2, 0.25) is 0 Å². The largest absolute Gasteiger partial charge is 0.491 e. The van der Waals surface area contributed by atoms with Gasteiger partial charge < -0.3 is 15.4 Å². The normalized spacial score (nSPS) is 11.9. The van der Waals surface area contributed by atoms with Crippen molar-refractivity contribution in [2.75, 3.05) is 13.1 Å². The molecule has 2 aromatic rings. The predicted octanol–water partition coefficient (Wildman–Crippen LogP) is 4.86. The van der Waals surface area contributed by atoms with Crippen molar-refractivity contribution < 1.29 is 17.9 Å². The molecule has 2 N–H and O–H groups in total. The van der Waals surface area contributed by atoms with Crippen molar-refractivity contribution in [3.8, 4) is 5.75 Å². The molecule has 0 radical (unpaired) electrons. The maximum atomic E-state index is 12.6. The van der Waals surface area contributed by atoms with Crippen LogP contribution in [0.15, 0.2) is 34.6 Å². The highest BCUT2D eigenvalue weighted by Crippen LogP contribution is 2.30. The van der Waals surface area contributed by atoms with E-state index in [4.69, 9.17) is 4.74 Å². The zero-order valence-corrected chi connectivity index (χ0v) is 19.7. The van der Waals surface area contributed by atoms with Gasteiger partial charge >= 0.3 is 6.18 Å². The second-order valence-electron chi connectivity index (χ2n) is 6.31. The molecular weight excluding hydrogens is 516 g/mol. The van der Waals surface area contributed by atoms with Gasteiger partial charge in [0.15, 0.2) is 11.7 Å². The summed E-state index contributed by atoms with van der Waals surface area (Å²) in [6.07, 6.45) is -3.91. The molecular formula is C19H26F3IN4OS. The summed E-state index contributed by atoms with van der Waals surface area (Å²) in [6, 6.07) is 7.74. The zero-order chi connectivity index (χ0) is 20.6. The quantitative estimate of drug-likeness (QED) is 0.284.